The monoisotopic (exact) mass is 319 g/mol. The zero-order valence-electron chi connectivity index (χ0n) is 15.0. The molecule has 3 nitrogen and oxygen atoms in total. The molecule has 3 heteroatoms. The molecule has 3 rings (SSSR count). The SMILES string of the molecule is CC(/C=C/C1CC2(CO2)CC(C)(C)O1)=C\CC1CCC(N)CC1. The average Bonchev–Trinajstić information content (AvgIpc) is 3.21. The van der Waals surface area contributed by atoms with Crippen molar-refractivity contribution in [1.29, 1.82) is 0 Å². The van der Waals surface area contributed by atoms with Gasteiger partial charge in [-0.2, -0.15) is 0 Å². The molecule has 0 bridgehead atoms. The molecule has 2 atom stereocenters. The van der Waals surface area contributed by atoms with E-state index in [0.29, 0.717) is 6.04 Å². The number of hydrogen-bond donors (Lipinski definition) is 1. The van der Waals surface area contributed by atoms with Gasteiger partial charge >= 0.3 is 0 Å². The van der Waals surface area contributed by atoms with Crippen LogP contribution in [0.4, 0.5) is 0 Å². The molecule has 130 valence electrons. The lowest BCUT2D eigenvalue weighted by Crippen LogP contribution is -2.43. The fourth-order valence-electron chi connectivity index (χ4n) is 4.24. The van der Waals surface area contributed by atoms with Gasteiger partial charge in [0.2, 0.25) is 0 Å². The summed E-state index contributed by atoms with van der Waals surface area (Å²) < 4.78 is 11.9. The van der Waals surface area contributed by atoms with Gasteiger partial charge in [0, 0.05) is 18.9 Å². The van der Waals surface area contributed by atoms with E-state index in [1.165, 1.54) is 37.7 Å². The fraction of sp³-hybridized carbons (Fsp3) is 0.800. The van der Waals surface area contributed by atoms with Gasteiger partial charge in [-0.25, -0.2) is 0 Å². The predicted octanol–water partition coefficient (Wildman–Crippen LogP) is 4.12. The number of ether oxygens (including phenoxy) is 2. The summed E-state index contributed by atoms with van der Waals surface area (Å²) >= 11 is 0. The number of rotatable bonds is 4. The summed E-state index contributed by atoms with van der Waals surface area (Å²) in [6.45, 7) is 7.45. The number of nitrogens with two attached hydrogens (primary N) is 1. The van der Waals surface area contributed by atoms with Gasteiger partial charge in [0.15, 0.2) is 0 Å². The molecule has 2 aliphatic heterocycles. The predicted molar refractivity (Wildman–Crippen MR) is 94.3 cm³/mol. The summed E-state index contributed by atoms with van der Waals surface area (Å²) in [6.07, 6.45) is 15.2. The highest BCUT2D eigenvalue weighted by Gasteiger charge is 2.53. The molecule has 0 amide bonds. The first-order valence-electron chi connectivity index (χ1n) is 9.28. The molecule has 3 fully saturated rings. The first kappa shape index (κ1) is 17.2. The summed E-state index contributed by atoms with van der Waals surface area (Å²) in [4.78, 5) is 0. The number of epoxide rings is 1. The minimum absolute atomic E-state index is 0.0811. The van der Waals surface area contributed by atoms with Gasteiger partial charge in [0.05, 0.1) is 23.9 Å². The highest BCUT2D eigenvalue weighted by Crippen LogP contribution is 2.46. The van der Waals surface area contributed by atoms with Crippen LogP contribution in [0.15, 0.2) is 23.8 Å². The Balaban J connectivity index is 1.49. The quantitative estimate of drug-likeness (QED) is 0.626. The van der Waals surface area contributed by atoms with Crippen LogP contribution in [0, 0.1) is 5.92 Å². The molecular formula is C20H33NO2. The van der Waals surface area contributed by atoms with Crippen LogP contribution in [0.2, 0.25) is 0 Å². The van der Waals surface area contributed by atoms with Gasteiger partial charge < -0.3 is 15.2 Å². The Labute approximate surface area is 141 Å². The Bertz CT molecular complexity index is 462. The average molecular weight is 319 g/mol. The molecule has 1 saturated carbocycles. The van der Waals surface area contributed by atoms with E-state index in [9.17, 15) is 0 Å². The molecule has 0 aromatic heterocycles. The molecule has 0 aromatic rings. The van der Waals surface area contributed by atoms with Crippen LogP contribution in [0.1, 0.15) is 65.7 Å². The van der Waals surface area contributed by atoms with Crippen LogP contribution >= 0.6 is 0 Å². The third kappa shape index (κ3) is 4.91. The van der Waals surface area contributed by atoms with Crippen molar-refractivity contribution in [2.24, 2.45) is 11.7 Å². The third-order valence-corrected chi connectivity index (χ3v) is 5.58. The van der Waals surface area contributed by atoms with Crippen LogP contribution in [0.5, 0.6) is 0 Å². The molecule has 23 heavy (non-hydrogen) atoms. The summed E-state index contributed by atoms with van der Waals surface area (Å²) in [5.41, 5.74) is 7.35. The van der Waals surface area contributed by atoms with Crippen molar-refractivity contribution in [2.45, 2.75) is 89.1 Å². The zero-order valence-corrected chi connectivity index (χ0v) is 15.0. The molecule has 2 unspecified atom stereocenters. The molecule has 1 spiro atoms. The van der Waals surface area contributed by atoms with Crippen molar-refractivity contribution >= 4 is 0 Å². The van der Waals surface area contributed by atoms with Crippen molar-refractivity contribution in [1.82, 2.24) is 0 Å². The third-order valence-electron chi connectivity index (χ3n) is 5.58. The van der Waals surface area contributed by atoms with Gasteiger partial charge in [0.25, 0.3) is 0 Å². The Morgan fingerprint density at radius 3 is 2.57 bits per heavy atom. The summed E-state index contributed by atoms with van der Waals surface area (Å²) in [5, 5.41) is 0. The maximum Gasteiger partial charge on any atom is 0.0971 e. The first-order chi connectivity index (χ1) is 10.9. The standard InChI is InChI=1S/C20H33NO2/c1-15(4-6-16-7-9-17(21)10-8-16)5-11-18-12-20(14-22-20)13-19(2,3)23-18/h4-5,11,16-18H,6-10,12-14,21H2,1-3H3/b11-5+,15-4+. The van der Waals surface area contributed by atoms with E-state index in [2.05, 4.69) is 39.0 Å². The summed E-state index contributed by atoms with van der Waals surface area (Å²) in [7, 11) is 0. The topological polar surface area (TPSA) is 47.8 Å². The van der Waals surface area contributed by atoms with Crippen molar-refractivity contribution < 1.29 is 9.47 Å². The molecule has 1 aliphatic carbocycles. The molecule has 2 saturated heterocycles. The Morgan fingerprint density at radius 2 is 1.91 bits per heavy atom. The second kappa shape index (κ2) is 6.70. The Kier molecular flexibility index (Phi) is 5.01. The van der Waals surface area contributed by atoms with Crippen LogP contribution in [-0.2, 0) is 9.47 Å². The van der Waals surface area contributed by atoms with E-state index in [-0.39, 0.29) is 17.3 Å². The van der Waals surface area contributed by atoms with E-state index in [0.717, 1.165) is 25.4 Å². The fourth-order valence-corrected chi connectivity index (χ4v) is 4.24. The van der Waals surface area contributed by atoms with Gasteiger partial charge in [-0.05, 0) is 58.8 Å². The minimum atomic E-state index is -0.0811. The number of hydrogen-bond acceptors (Lipinski definition) is 3. The maximum atomic E-state index is 6.20. The van der Waals surface area contributed by atoms with Crippen LogP contribution in [0.25, 0.3) is 0 Å². The van der Waals surface area contributed by atoms with Gasteiger partial charge in [-0.1, -0.05) is 23.8 Å². The molecule has 3 aliphatic rings. The second-order valence-electron chi connectivity index (χ2n) is 8.59. The lowest BCUT2D eigenvalue weighted by Gasteiger charge is -2.38. The van der Waals surface area contributed by atoms with E-state index in [1.807, 2.05) is 0 Å². The first-order valence-corrected chi connectivity index (χ1v) is 9.28. The summed E-state index contributed by atoms with van der Waals surface area (Å²) in [5.74, 6) is 0.825. The van der Waals surface area contributed by atoms with Crippen LogP contribution in [0.3, 0.4) is 0 Å². The van der Waals surface area contributed by atoms with Crippen LogP contribution < -0.4 is 5.73 Å². The Hall–Kier alpha value is -0.640. The highest BCUT2D eigenvalue weighted by molar-refractivity contribution is 5.19. The van der Waals surface area contributed by atoms with E-state index in [1.54, 1.807) is 0 Å². The summed E-state index contributed by atoms with van der Waals surface area (Å²) in [6, 6.07) is 0.444. The smallest absolute Gasteiger partial charge is 0.0971 e. The Morgan fingerprint density at radius 1 is 1.22 bits per heavy atom. The van der Waals surface area contributed by atoms with Gasteiger partial charge in [-0.3, -0.25) is 0 Å². The van der Waals surface area contributed by atoms with Gasteiger partial charge in [-0.15, -0.1) is 0 Å². The van der Waals surface area contributed by atoms with Crippen molar-refractivity contribution in [3.8, 4) is 0 Å². The normalized spacial score (nSPS) is 40.7. The van der Waals surface area contributed by atoms with E-state index < -0.39 is 0 Å². The van der Waals surface area contributed by atoms with Crippen molar-refractivity contribution in [2.75, 3.05) is 6.61 Å². The second-order valence-corrected chi connectivity index (χ2v) is 8.59. The van der Waals surface area contributed by atoms with E-state index >= 15 is 0 Å². The molecule has 2 heterocycles. The van der Waals surface area contributed by atoms with Gasteiger partial charge in [0.1, 0.15) is 0 Å². The van der Waals surface area contributed by atoms with Crippen molar-refractivity contribution in [3.63, 3.8) is 0 Å². The van der Waals surface area contributed by atoms with Crippen molar-refractivity contribution in [3.05, 3.63) is 23.8 Å². The molecule has 0 aromatic carbocycles. The highest BCUT2D eigenvalue weighted by atomic mass is 16.6. The largest absolute Gasteiger partial charge is 0.369 e. The lowest BCUT2D eigenvalue weighted by atomic mass is 9.84. The lowest BCUT2D eigenvalue weighted by molar-refractivity contribution is -0.112. The molecule has 2 N–H and O–H groups in total. The zero-order chi connectivity index (χ0) is 16.5. The number of allylic oxidation sites excluding steroid dienone is 3. The van der Waals surface area contributed by atoms with Crippen LogP contribution in [-0.4, -0.2) is 30.0 Å². The minimum Gasteiger partial charge on any atom is -0.369 e. The molecule has 0 radical (unpaired) electrons. The maximum absolute atomic E-state index is 6.20. The molecular weight excluding hydrogens is 286 g/mol. The van der Waals surface area contributed by atoms with E-state index in [4.69, 9.17) is 15.2 Å².